The number of rotatable bonds is 6. The minimum atomic E-state index is -0.315. The number of hydrogen-bond acceptors (Lipinski definition) is 6. The van der Waals surface area contributed by atoms with Gasteiger partial charge in [-0.2, -0.15) is 10.4 Å². The highest BCUT2D eigenvalue weighted by Gasteiger charge is 2.20. The first kappa shape index (κ1) is 20.6. The molecule has 1 N–H and O–H groups in total. The number of fused-ring (bicyclic) bond motifs is 1. The van der Waals surface area contributed by atoms with Crippen LogP contribution in [0.15, 0.2) is 48.0 Å². The van der Waals surface area contributed by atoms with Crippen LogP contribution >= 0.6 is 11.3 Å². The van der Waals surface area contributed by atoms with E-state index < -0.39 is 0 Å². The second kappa shape index (κ2) is 8.58. The fourth-order valence-electron chi connectivity index (χ4n) is 3.30. The van der Waals surface area contributed by atoms with Crippen LogP contribution in [0.1, 0.15) is 42.7 Å². The molecule has 3 heterocycles. The highest BCUT2D eigenvalue weighted by molar-refractivity contribution is 7.13. The van der Waals surface area contributed by atoms with Crippen molar-refractivity contribution >= 4 is 34.0 Å². The molecule has 1 aromatic carbocycles. The molecule has 0 unspecified atom stereocenters. The number of carbonyl (C=O) groups excluding carboxylic acids is 1. The quantitative estimate of drug-likeness (QED) is 0.449. The number of nitrogens with zero attached hydrogens (tertiary/aromatic N) is 4. The topological polar surface area (TPSA) is 92.8 Å². The minimum Gasteiger partial charge on any atom is -0.492 e. The van der Waals surface area contributed by atoms with Crippen LogP contribution in [-0.2, 0) is 0 Å². The van der Waals surface area contributed by atoms with E-state index in [-0.39, 0.29) is 11.9 Å². The number of ether oxygens (including phenoxy) is 1. The number of hydrogen-bond donors (Lipinski definition) is 1. The molecule has 0 aliphatic carbocycles. The zero-order chi connectivity index (χ0) is 22.0. The van der Waals surface area contributed by atoms with Crippen molar-refractivity contribution in [2.45, 2.75) is 26.8 Å². The van der Waals surface area contributed by atoms with Gasteiger partial charge in [-0.05, 0) is 56.5 Å². The van der Waals surface area contributed by atoms with E-state index in [1.807, 2.05) is 43.0 Å². The van der Waals surface area contributed by atoms with Gasteiger partial charge in [0.2, 0.25) is 0 Å². The smallest absolute Gasteiger partial charge is 0.256 e. The predicted octanol–water partition coefficient (Wildman–Crippen LogP) is 5.26. The molecule has 31 heavy (non-hydrogen) atoms. The van der Waals surface area contributed by atoms with Gasteiger partial charge < -0.3 is 10.1 Å². The highest BCUT2D eigenvalue weighted by Crippen LogP contribution is 2.31. The molecular weight excluding hydrogens is 410 g/mol. The molecule has 4 aromatic rings. The monoisotopic (exact) mass is 431 g/mol. The predicted molar refractivity (Wildman–Crippen MR) is 122 cm³/mol. The lowest BCUT2D eigenvalue weighted by Gasteiger charge is -2.13. The molecule has 1 amide bonds. The van der Waals surface area contributed by atoms with Crippen molar-refractivity contribution in [3.8, 4) is 22.4 Å². The average Bonchev–Trinajstić information content (AvgIpc) is 3.44. The summed E-state index contributed by atoms with van der Waals surface area (Å²) in [5.41, 5.74) is 2.72. The normalized spacial score (nSPS) is 10.9. The summed E-state index contributed by atoms with van der Waals surface area (Å²) in [7, 11) is 0. The van der Waals surface area contributed by atoms with E-state index in [2.05, 4.69) is 16.5 Å². The van der Waals surface area contributed by atoms with E-state index in [1.54, 1.807) is 41.8 Å². The zero-order valence-corrected chi connectivity index (χ0v) is 18.2. The summed E-state index contributed by atoms with van der Waals surface area (Å²) in [5.74, 6) is 0.195. The van der Waals surface area contributed by atoms with Crippen LogP contribution in [0.25, 0.3) is 21.6 Å². The molecule has 0 spiro atoms. The van der Waals surface area contributed by atoms with E-state index in [0.717, 1.165) is 4.88 Å². The summed E-state index contributed by atoms with van der Waals surface area (Å²) in [5, 5.41) is 19.3. The highest BCUT2D eigenvalue weighted by atomic mass is 32.1. The largest absolute Gasteiger partial charge is 0.492 e. The van der Waals surface area contributed by atoms with Crippen molar-refractivity contribution in [3.63, 3.8) is 0 Å². The molecule has 0 fully saturated rings. The van der Waals surface area contributed by atoms with Crippen LogP contribution in [0.4, 0.5) is 5.69 Å². The van der Waals surface area contributed by atoms with E-state index >= 15 is 0 Å². The Labute approximate surface area is 183 Å². The van der Waals surface area contributed by atoms with Gasteiger partial charge in [-0.1, -0.05) is 6.07 Å². The first-order chi connectivity index (χ1) is 15.0. The van der Waals surface area contributed by atoms with Gasteiger partial charge in [0, 0.05) is 6.04 Å². The van der Waals surface area contributed by atoms with Crippen molar-refractivity contribution in [1.82, 2.24) is 14.8 Å². The third-order valence-electron chi connectivity index (χ3n) is 4.73. The van der Waals surface area contributed by atoms with Crippen LogP contribution in [0.5, 0.6) is 5.75 Å². The Morgan fingerprint density at radius 1 is 1.32 bits per heavy atom. The molecule has 8 heteroatoms. The number of nitriles is 1. The van der Waals surface area contributed by atoms with Gasteiger partial charge in [-0.15, -0.1) is 11.3 Å². The van der Waals surface area contributed by atoms with Gasteiger partial charge >= 0.3 is 0 Å². The summed E-state index contributed by atoms with van der Waals surface area (Å²) < 4.78 is 7.44. The van der Waals surface area contributed by atoms with Gasteiger partial charge in [-0.25, -0.2) is 9.67 Å². The van der Waals surface area contributed by atoms with Gasteiger partial charge in [0.25, 0.3) is 5.91 Å². The van der Waals surface area contributed by atoms with Crippen molar-refractivity contribution < 1.29 is 9.53 Å². The van der Waals surface area contributed by atoms with Gasteiger partial charge in [0.15, 0.2) is 5.65 Å². The lowest BCUT2D eigenvalue weighted by Crippen LogP contribution is -2.14. The molecular formula is C23H21N5O2S. The minimum absolute atomic E-state index is 0.0939. The van der Waals surface area contributed by atoms with Crippen molar-refractivity contribution in [3.05, 3.63) is 59.1 Å². The average molecular weight is 432 g/mol. The van der Waals surface area contributed by atoms with Crippen LogP contribution in [0.2, 0.25) is 0 Å². The van der Waals surface area contributed by atoms with Crippen LogP contribution in [0.3, 0.4) is 0 Å². The lowest BCUT2D eigenvalue weighted by atomic mass is 10.1. The Kier molecular flexibility index (Phi) is 5.69. The molecule has 0 radical (unpaired) electrons. The first-order valence-electron chi connectivity index (χ1n) is 9.92. The number of nitrogens with one attached hydrogen (secondary N) is 1. The van der Waals surface area contributed by atoms with Crippen LogP contribution in [-0.4, -0.2) is 27.3 Å². The second-order valence-corrected chi connectivity index (χ2v) is 8.11. The molecule has 0 aliphatic heterocycles. The van der Waals surface area contributed by atoms with Crippen molar-refractivity contribution in [2.24, 2.45) is 0 Å². The van der Waals surface area contributed by atoms with Gasteiger partial charge in [0.1, 0.15) is 5.75 Å². The number of aromatic nitrogens is 3. The molecule has 156 valence electrons. The number of pyridine rings is 1. The van der Waals surface area contributed by atoms with Crippen molar-refractivity contribution in [1.29, 1.82) is 5.26 Å². The Balaban J connectivity index is 1.82. The van der Waals surface area contributed by atoms with Gasteiger partial charge in [0.05, 0.1) is 51.6 Å². The third-order valence-corrected chi connectivity index (χ3v) is 5.62. The van der Waals surface area contributed by atoms with E-state index in [4.69, 9.17) is 9.72 Å². The lowest BCUT2D eigenvalue weighted by molar-refractivity contribution is 0.102. The summed E-state index contributed by atoms with van der Waals surface area (Å²) >= 11 is 1.56. The zero-order valence-electron chi connectivity index (χ0n) is 17.4. The maximum Gasteiger partial charge on any atom is 0.256 e. The summed E-state index contributed by atoms with van der Waals surface area (Å²) in [6, 6.07) is 12.9. The fraction of sp³-hybridized carbons (Fsp3) is 0.217. The maximum absolute atomic E-state index is 13.4. The van der Waals surface area contributed by atoms with E-state index in [1.165, 1.54) is 0 Å². The SMILES string of the molecule is CCOc1ccc(C#N)cc1NC(=O)c1cc(-c2cccs2)nc2c1cnn2C(C)C. The molecule has 0 aliphatic rings. The third kappa shape index (κ3) is 4.00. The molecule has 0 atom stereocenters. The molecule has 3 aromatic heterocycles. The standard InChI is InChI=1S/C23H21N5O2S/c1-4-30-20-8-7-15(12-24)10-18(20)27-23(29)16-11-19(21-6-5-9-31-21)26-22-17(16)13-25-28(22)14(2)3/h5-11,13-14H,4H2,1-3H3,(H,27,29). The number of anilines is 1. The summed E-state index contributed by atoms with van der Waals surface area (Å²) in [6.45, 7) is 6.35. The second-order valence-electron chi connectivity index (χ2n) is 7.16. The maximum atomic E-state index is 13.4. The van der Waals surface area contributed by atoms with Crippen LogP contribution in [0, 0.1) is 11.3 Å². The number of amides is 1. The molecule has 4 rings (SSSR count). The fourth-order valence-corrected chi connectivity index (χ4v) is 3.99. The Morgan fingerprint density at radius 3 is 2.84 bits per heavy atom. The van der Waals surface area contributed by atoms with Crippen LogP contribution < -0.4 is 10.1 Å². The Bertz CT molecular complexity index is 1290. The van der Waals surface area contributed by atoms with Crippen molar-refractivity contribution in [2.75, 3.05) is 11.9 Å². The number of carbonyl (C=O) groups is 1. The number of benzene rings is 1. The molecule has 0 saturated heterocycles. The van der Waals surface area contributed by atoms with E-state index in [0.29, 0.717) is 45.9 Å². The Morgan fingerprint density at radius 2 is 2.16 bits per heavy atom. The Hall–Kier alpha value is -3.70. The summed E-state index contributed by atoms with van der Waals surface area (Å²) in [4.78, 5) is 19.1. The summed E-state index contributed by atoms with van der Waals surface area (Å²) in [6.07, 6.45) is 1.67. The molecule has 0 bridgehead atoms. The van der Waals surface area contributed by atoms with Gasteiger partial charge in [-0.3, -0.25) is 4.79 Å². The molecule has 7 nitrogen and oxygen atoms in total. The number of thiophene rings is 1. The van der Waals surface area contributed by atoms with E-state index in [9.17, 15) is 10.1 Å². The first-order valence-corrected chi connectivity index (χ1v) is 10.8. The molecule has 0 saturated carbocycles.